The second kappa shape index (κ2) is 65.7. The maximum atomic E-state index is 13.1. The number of carbonyl (C=O) groups excluding carboxylic acids is 4. The van der Waals surface area contributed by atoms with Crippen LogP contribution in [-0.4, -0.2) is 96.7 Å². The molecule has 3 unspecified atom stereocenters. The third kappa shape index (κ3) is 67.3. The predicted octanol–water partition coefficient (Wildman–Crippen LogP) is 21.8. The highest BCUT2D eigenvalue weighted by Crippen LogP contribution is 2.45. The van der Waals surface area contributed by atoms with Crippen molar-refractivity contribution in [3.05, 3.63) is 0 Å². The zero-order chi connectivity index (χ0) is 69.4. The van der Waals surface area contributed by atoms with Gasteiger partial charge in [-0.25, -0.2) is 9.13 Å². The number of aliphatic hydroxyl groups excluding tert-OH is 1. The van der Waals surface area contributed by atoms with Crippen molar-refractivity contribution in [3.63, 3.8) is 0 Å². The Morgan fingerprint density at radius 3 is 0.809 bits per heavy atom. The lowest BCUT2D eigenvalue weighted by Crippen LogP contribution is -2.30. The lowest BCUT2D eigenvalue weighted by molar-refractivity contribution is -0.161. The van der Waals surface area contributed by atoms with Gasteiger partial charge < -0.3 is 33.8 Å². The van der Waals surface area contributed by atoms with E-state index in [0.717, 1.165) is 114 Å². The summed E-state index contributed by atoms with van der Waals surface area (Å²) in [6, 6.07) is 0. The van der Waals surface area contributed by atoms with Gasteiger partial charge >= 0.3 is 39.5 Å². The van der Waals surface area contributed by atoms with Crippen molar-refractivity contribution in [2.75, 3.05) is 39.6 Å². The summed E-state index contributed by atoms with van der Waals surface area (Å²) in [7, 11) is -9.90. The summed E-state index contributed by atoms with van der Waals surface area (Å²) in [6.07, 6.45) is 51.8. The average Bonchev–Trinajstić information content (AvgIpc) is 1.32. The van der Waals surface area contributed by atoms with E-state index in [4.69, 9.17) is 37.0 Å². The summed E-state index contributed by atoms with van der Waals surface area (Å²) in [4.78, 5) is 72.4. The van der Waals surface area contributed by atoms with Crippen LogP contribution < -0.4 is 0 Å². The molecule has 0 rings (SSSR count). The molecule has 0 saturated carbocycles. The highest BCUT2D eigenvalue weighted by atomic mass is 31.2. The number of hydrogen-bond donors (Lipinski definition) is 3. The Bertz CT molecular complexity index is 1840. The van der Waals surface area contributed by atoms with E-state index >= 15 is 0 Å². The van der Waals surface area contributed by atoms with Crippen molar-refractivity contribution in [2.45, 2.75) is 401 Å². The second-order valence-corrected chi connectivity index (χ2v) is 31.1. The number of hydrogen-bond acceptors (Lipinski definition) is 15. The number of phosphoric acid groups is 2. The summed E-state index contributed by atoms with van der Waals surface area (Å²) >= 11 is 0. The molecule has 0 aliphatic heterocycles. The molecular weight excluding hydrogens is 1230 g/mol. The zero-order valence-electron chi connectivity index (χ0n) is 61.4. The number of esters is 4. The molecule has 0 bridgehead atoms. The topological polar surface area (TPSA) is 237 Å². The number of phosphoric ester groups is 2. The molecule has 19 heteroatoms. The quantitative estimate of drug-likeness (QED) is 0.0222. The Balaban J connectivity index is 5.11. The van der Waals surface area contributed by atoms with E-state index < -0.39 is 97.5 Å². The highest BCUT2D eigenvalue weighted by molar-refractivity contribution is 7.47. The van der Waals surface area contributed by atoms with Gasteiger partial charge in [0.1, 0.15) is 19.3 Å². The molecule has 0 aromatic rings. The van der Waals surface area contributed by atoms with Crippen LogP contribution in [0.1, 0.15) is 382 Å². The fourth-order valence-corrected chi connectivity index (χ4v) is 13.0. The molecule has 17 nitrogen and oxygen atoms in total. The maximum absolute atomic E-state index is 13.1. The van der Waals surface area contributed by atoms with Crippen LogP contribution in [0, 0.1) is 17.8 Å². The van der Waals surface area contributed by atoms with Crippen LogP contribution in [0.3, 0.4) is 0 Å². The van der Waals surface area contributed by atoms with E-state index in [2.05, 4.69) is 48.5 Å². The molecule has 0 saturated heterocycles. The van der Waals surface area contributed by atoms with Crippen LogP contribution in [-0.2, 0) is 65.4 Å². The summed E-state index contributed by atoms with van der Waals surface area (Å²) in [6.45, 7) is 11.9. The second-order valence-electron chi connectivity index (χ2n) is 28.2. The van der Waals surface area contributed by atoms with E-state index in [1.54, 1.807) is 0 Å². The molecule has 0 aliphatic rings. The normalized spacial score (nSPS) is 14.4. The third-order valence-corrected chi connectivity index (χ3v) is 19.6. The molecule has 94 heavy (non-hydrogen) atoms. The first-order chi connectivity index (χ1) is 45.3. The summed E-state index contributed by atoms with van der Waals surface area (Å²) < 4.78 is 68.2. The van der Waals surface area contributed by atoms with E-state index in [9.17, 15) is 43.2 Å². The minimum Gasteiger partial charge on any atom is -0.462 e. The molecule has 6 atom stereocenters. The number of rotatable bonds is 73. The SMILES string of the molecule is CCCCCCCC(=O)OC[C@H](COP(=O)(O)OC[C@H](O)COP(=O)(O)OC[C@@H](COC(=O)CCCCCCCCCCCCCC(C)C)OC(=O)CCCCCCCCCCCCCCCCCCCCC(C)CC)OC(=O)CCCCCCCCCCCCC(C)C. The van der Waals surface area contributed by atoms with E-state index in [-0.39, 0.29) is 25.7 Å². The van der Waals surface area contributed by atoms with Crippen LogP contribution in [0.5, 0.6) is 0 Å². The van der Waals surface area contributed by atoms with Crippen molar-refractivity contribution in [1.29, 1.82) is 0 Å². The number of aliphatic hydroxyl groups is 1. The van der Waals surface area contributed by atoms with E-state index in [1.807, 2.05) is 0 Å². The Hall–Kier alpha value is -1.94. The summed E-state index contributed by atoms with van der Waals surface area (Å²) in [5.74, 6) is 0.263. The van der Waals surface area contributed by atoms with Gasteiger partial charge in [0.05, 0.1) is 26.4 Å². The number of ether oxygens (including phenoxy) is 4. The highest BCUT2D eigenvalue weighted by Gasteiger charge is 2.30. The molecule has 0 aromatic heterocycles. The molecule has 3 N–H and O–H groups in total. The van der Waals surface area contributed by atoms with Gasteiger partial charge in [-0.1, -0.05) is 331 Å². The molecule has 0 amide bonds. The van der Waals surface area contributed by atoms with Crippen molar-refractivity contribution < 1.29 is 80.2 Å². The first-order valence-electron chi connectivity index (χ1n) is 38.9. The molecule has 0 aromatic carbocycles. The molecule has 0 spiro atoms. The van der Waals surface area contributed by atoms with Crippen LogP contribution >= 0.6 is 15.6 Å². The van der Waals surface area contributed by atoms with Gasteiger partial charge in [0.25, 0.3) is 0 Å². The van der Waals surface area contributed by atoms with Gasteiger partial charge in [-0.05, 0) is 43.4 Å². The first kappa shape index (κ1) is 92.1. The Kier molecular flexibility index (Phi) is 64.3. The van der Waals surface area contributed by atoms with Crippen LogP contribution in [0.25, 0.3) is 0 Å². The fourth-order valence-electron chi connectivity index (χ4n) is 11.4. The maximum Gasteiger partial charge on any atom is 0.472 e. The minimum absolute atomic E-state index is 0.105. The van der Waals surface area contributed by atoms with Gasteiger partial charge in [0, 0.05) is 25.7 Å². The number of unbranched alkanes of at least 4 members (excludes halogenated alkanes) is 40. The van der Waals surface area contributed by atoms with Gasteiger partial charge in [0.15, 0.2) is 12.2 Å². The zero-order valence-corrected chi connectivity index (χ0v) is 63.2. The Morgan fingerprint density at radius 2 is 0.543 bits per heavy atom. The molecule has 0 aliphatic carbocycles. The molecule has 558 valence electrons. The van der Waals surface area contributed by atoms with Crippen molar-refractivity contribution in [3.8, 4) is 0 Å². The van der Waals surface area contributed by atoms with Gasteiger partial charge in [-0.15, -0.1) is 0 Å². The predicted molar refractivity (Wildman–Crippen MR) is 381 cm³/mol. The lowest BCUT2D eigenvalue weighted by Gasteiger charge is -2.21. The largest absolute Gasteiger partial charge is 0.472 e. The Labute approximate surface area is 575 Å². The smallest absolute Gasteiger partial charge is 0.462 e. The first-order valence-corrected chi connectivity index (χ1v) is 41.9. The standard InChI is InChI=1S/C75H146O17P2/c1-8-10-11-39-49-56-72(77)85-62-70(91-74(79)59-52-45-38-32-26-25-28-34-41-47-54-67(5)6)64-89-93(81,82)87-60-69(76)61-88-94(83,84)90-65-71(63-86-73(78)57-50-43-36-30-24-20-21-27-33-40-46-53-66(3)4)92-75(80)58-51-44-37-31-23-19-17-15-13-12-14-16-18-22-29-35-42-48-55-68(7)9-2/h66-71,76H,8-65H2,1-7H3,(H,81,82)(H,83,84)/t68?,69-,70+,71+/m0/s1. The van der Waals surface area contributed by atoms with Gasteiger partial charge in [-0.2, -0.15) is 0 Å². The molecule has 0 radical (unpaired) electrons. The monoisotopic (exact) mass is 1380 g/mol. The average molecular weight is 1380 g/mol. The van der Waals surface area contributed by atoms with Gasteiger partial charge in [0.2, 0.25) is 0 Å². The molecule has 0 heterocycles. The number of carbonyl (C=O) groups is 4. The van der Waals surface area contributed by atoms with Crippen LogP contribution in [0.2, 0.25) is 0 Å². The molecule has 0 fully saturated rings. The van der Waals surface area contributed by atoms with Gasteiger partial charge in [-0.3, -0.25) is 37.3 Å². The van der Waals surface area contributed by atoms with Crippen molar-refractivity contribution in [1.82, 2.24) is 0 Å². The lowest BCUT2D eigenvalue weighted by atomic mass is 9.99. The Morgan fingerprint density at radius 1 is 0.309 bits per heavy atom. The minimum atomic E-state index is -4.95. The third-order valence-electron chi connectivity index (χ3n) is 17.7. The van der Waals surface area contributed by atoms with Crippen molar-refractivity contribution in [2.24, 2.45) is 17.8 Å². The van der Waals surface area contributed by atoms with Crippen molar-refractivity contribution >= 4 is 39.5 Å². The summed E-state index contributed by atoms with van der Waals surface area (Å²) in [5.41, 5.74) is 0. The van der Waals surface area contributed by atoms with Crippen LogP contribution in [0.4, 0.5) is 0 Å². The fraction of sp³-hybridized carbons (Fsp3) is 0.947. The van der Waals surface area contributed by atoms with E-state index in [0.29, 0.717) is 25.7 Å². The van der Waals surface area contributed by atoms with E-state index in [1.165, 1.54) is 186 Å². The summed E-state index contributed by atoms with van der Waals surface area (Å²) in [5, 5.41) is 10.6. The molecular formula is C75H146O17P2. The van der Waals surface area contributed by atoms with Crippen LogP contribution in [0.15, 0.2) is 0 Å².